The third-order valence-electron chi connectivity index (χ3n) is 4.01. The van der Waals surface area contributed by atoms with Crippen molar-refractivity contribution in [1.82, 2.24) is 0 Å². The van der Waals surface area contributed by atoms with Crippen molar-refractivity contribution in [3.8, 4) is 0 Å². The van der Waals surface area contributed by atoms with E-state index < -0.39 is 0 Å². The van der Waals surface area contributed by atoms with Crippen LogP contribution < -0.4 is 0 Å². The number of hydrogen-bond acceptors (Lipinski definition) is 4. The standard InChI is InChI=1S/C24H26O4/c1-3-5-17-28-23(25)16-13-19-11-14-21(15-12-19)22(18-24(26)27-4-2)20-9-7-6-8-10-20/h6-16,18H,3-5,17H2,1-2H3/b16-13+,22-18+. The number of carbonyl (C=O) groups is 2. The van der Waals surface area contributed by atoms with E-state index in [-0.39, 0.29) is 11.9 Å². The Morgan fingerprint density at radius 3 is 2.18 bits per heavy atom. The summed E-state index contributed by atoms with van der Waals surface area (Å²) >= 11 is 0. The summed E-state index contributed by atoms with van der Waals surface area (Å²) in [6, 6.07) is 17.3. The molecule has 0 heterocycles. The van der Waals surface area contributed by atoms with Crippen LogP contribution in [-0.4, -0.2) is 25.2 Å². The maximum atomic E-state index is 12.0. The molecule has 0 aliphatic heterocycles. The molecule has 28 heavy (non-hydrogen) atoms. The van der Waals surface area contributed by atoms with Crippen molar-refractivity contribution < 1.29 is 19.1 Å². The van der Waals surface area contributed by atoms with Crippen molar-refractivity contribution in [3.05, 3.63) is 83.4 Å². The summed E-state index contributed by atoms with van der Waals surface area (Å²) in [6.45, 7) is 4.60. The number of ether oxygens (including phenoxy) is 2. The molecule has 0 aliphatic rings. The van der Waals surface area contributed by atoms with E-state index in [1.54, 1.807) is 13.0 Å². The molecule has 0 amide bonds. The summed E-state index contributed by atoms with van der Waals surface area (Å²) in [4.78, 5) is 23.7. The van der Waals surface area contributed by atoms with Crippen molar-refractivity contribution in [2.24, 2.45) is 0 Å². The molecule has 0 radical (unpaired) electrons. The van der Waals surface area contributed by atoms with Gasteiger partial charge in [0, 0.05) is 12.2 Å². The quantitative estimate of drug-likeness (QED) is 0.349. The van der Waals surface area contributed by atoms with E-state index >= 15 is 0 Å². The molecular formula is C24H26O4. The summed E-state index contributed by atoms with van der Waals surface area (Å²) in [5.41, 5.74) is 3.48. The zero-order valence-corrected chi connectivity index (χ0v) is 16.4. The first-order valence-electron chi connectivity index (χ1n) is 9.53. The highest BCUT2D eigenvalue weighted by molar-refractivity contribution is 5.96. The van der Waals surface area contributed by atoms with Gasteiger partial charge in [0.1, 0.15) is 0 Å². The monoisotopic (exact) mass is 378 g/mol. The lowest BCUT2D eigenvalue weighted by molar-refractivity contribution is -0.138. The molecule has 4 nitrogen and oxygen atoms in total. The second-order valence-electron chi connectivity index (χ2n) is 6.15. The minimum Gasteiger partial charge on any atom is -0.463 e. The maximum absolute atomic E-state index is 12.0. The molecule has 0 aliphatic carbocycles. The fourth-order valence-electron chi connectivity index (χ4n) is 2.56. The number of carbonyl (C=O) groups excluding carboxylic acids is 2. The van der Waals surface area contributed by atoms with E-state index in [0.717, 1.165) is 35.1 Å². The van der Waals surface area contributed by atoms with Crippen LogP contribution >= 0.6 is 0 Å². The molecule has 0 fully saturated rings. The van der Waals surface area contributed by atoms with Crippen LogP contribution in [0.2, 0.25) is 0 Å². The van der Waals surface area contributed by atoms with Crippen LogP contribution in [0.3, 0.4) is 0 Å². The lowest BCUT2D eigenvalue weighted by Gasteiger charge is -2.09. The summed E-state index contributed by atoms with van der Waals surface area (Å²) < 4.78 is 10.2. The summed E-state index contributed by atoms with van der Waals surface area (Å²) in [7, 11) is 0. The van der Waals surface area contributed by atoms with Gasteiger partial charge in [0.15, 0.2) is 0 Å². The van der Waals surface area contributed by atoms with Gasteiger partial charge < -0.3 is 9.47 Å². The Morgan fingerprint density at radius 2 is 1.54 bits per heavy atom. The molecule has 2 aromatic rings. The molecule has 146 valence electrons. The Kier molecular flexibility index (Phi) is 8.73. The van der Waals surface area contributed by atoms with Crippen molar-refractivity contribution >= 4 is 23.6 Å². The molecule has 0 bridgehead atoms. The number of hydrogen-bond donors (Lipinski definition) is 0. The third kappa shape index (κ3) is 6.88. The van der Waals surface area contributed by atoms with Crippen LogP contribution in [-0.2, 0) is 19.1 Å². The highest BCUT2D eigenvalue weighted by Gasteiger charge is 2.08. The van der Waals surface area contributed by atoms with Crippen LogP contribution in [0.15, 0.2) is 66.7 Å². The normalized spacial score (nSPS) is 11.4. The van der Waals surface area contributed by atoms with Crippen LogP contribution in [0.25, 0.3) is 11.6 Å². The highest BCUT2D eigenvalue weighted by atomic mass is 16.5. The number of unbranched alkanes of at least 4 members (excludes halogenated alkanes) is 1. The first-order valence-corrected chi connectivity index (χ1v) is 9.53. The summed E-state index contributed by atoms with van der Waals surface area (Å²) in [5, 5.41) is 0. The van der Waals surface area contributed by atoms with Gasteiger partial charge in [-0.2, -0.15) is 0 Å². The van der Waals surface area contributed by atoms with E-state index in [4.69, 9.17) is 9.47 Å². The molecule has 2 rings (SSSR count). The fourth-order valence-corrected chi connectivity index (χ4v) is 2.56. The van der Waals surface area contributed by atoms with E-state index in [2.05, 4.69) is 0 Å². The van der Waals surface area contributed by atoms with Crippen LogP contribution in [0.4, 0.5) is 0 Å². The van der Waals surface area contributed by atoms with Gasteiger partial charge in [-0.3, -0.25) is 0 Å². The van der Waals surface area contributed by atoms with Gasteiger partial charge in [-0.05, 0) is 41.7 Å². The second-order valence-corrected chi connectivity index (χ2v) is 6.15. The van der Waals surface area contributed by atoms with Gasteiger partial charge in [-0.15, -0.1) is 0 Å². The molecule has 0 saturated carbocycles. The Morgan fingerprint density at radius 1 is 0.857 bits per heavy atom. The zero-order valence-electron chi connectivity index (χ0n) is 16.4. The Labute approximate surface area is 166 Å². The summed E-state index contributed by atoms with van der Waals surface area (Å²) in [6.07, 6.45) is 6.51. The fraction of sp³-hybridized carbons (Fsp3) is 0.250. The number of rotatable bonds is 9. The zero-order chi connectivity index (χ0) is 20.2. The molecule has 0 saturated heterocycles. The van der Waals surface area contributed by atoms with Gasteiger partial charge in [-0.25, -0.2) is 9.59 Å². The van der Waals surface area contributed by atoms with Gasteiger partial charge >= 0.3 is 11.9 Å². The number of benzene rings is 2. The molecule has 0 N–H and O–H groups in total. The van der Waals surface area contributed by atoms with Crippen LogP contribution in [0.5, 0.6) is 0 Å². The van der Waals surface area contributed by atoms with E-state index in [1.807, 2.05) is 61.5 Å². The van der Waals surface area contributed by atoms with Gasteiger partial charge in [0.2, 0.25) is 0 Å². The van der Waals surface area contributed by atoms with Crippen molar-refractivity contribution in [2.45, 2.75) is 26.7 Å². The highest BCUT2D eigenvalue weighted by Crippen LogP contribution is 2.24. The molecule has 0 atom stereocenters. The van der Waals surface area contributed by atoms with E-state index in [1.165, 1.54) is 12.2 Å². The lowest BCUT2D eigenvalue weighted by atomic mass is 9.96. The SMILES string of the molecule is CCCCOC(=O)/C=C/c1ccc(/C(=C/C(=O)OCC)c2ccccc2)cc1. The predicted octanol–water partition coefficient (Wildman–Crippen LogP) is 5.04. The average Bonchev–Trinajstić information content (AvgIpc) is 2.72. The minimum atomic E-state index is -0.375. The Bertz CT molecular complexity index is 817. The maximum Gasteiger partial charge on any atom is 0.331 e. The smallest absolute Gasteiger partial charge is 0.331 e. The van der Waals surface area contributed by atoms with Gasteiger partial charge in [0.25, 0.3) is 0 Å². The molecule has 0 spiro atoms. The Balaban J connectivity index is 2.17. The van der Waals surface area contributed by atoms with Crippen molar-refractivity contribution in [2.75, 3.05) is 13.2 Å². The van der Waals surface area contributed by atoms with Gasteiger partial charge in [0.05, 0.1) is 13.2 Å². The average molecular weight is 378 g/mol. The lowest BCUT2D eigenvalue weighted by Crippen LogP contribution is -2.02. The predicted molar refractivity (Wildman–Crippen MR) is 111 cm³/mol. The number of esters is 2. The van der Waals surface area contributed by atoms with E-state index in [0.29, 0.717) is 13.2 Å². The topological polar surface area (TPSA) is 52.6 Å². The van der Waals surface area contributed by atoms with Crippen molar-refractivity contribution in [1.29, 1.82) is 0 Å². The van der Waals surface area contributed by atoms with Crippen LogP contribution in [0, 0.1) is 0 Å². The van der Waals surface area contributed by atoms with Crippen LogP contribution in [0.1, 0.15) is 43.4 Å². The van der Waals surface area contributed by atoms with Gasteiger partial charge in [-0.1, -0.05) is 67.9 Å². The molecular weight excluding hydrogens is 352 g/mol. The van der Waals surface area contributed by atoms with E-state index in [9.17, 15) is 9.59 Å². The van der Waals surface area contributed by atoms with Crippen molar-refractivity contribution in [3.63, 3.8) is 0 Å². The second kappa shape index (κ2) is 11.5. The molecule has 0 unspecified atom stereocenters. The minimum absolute atomic E-state index is 0.329. The molecule has 2 aromatic carbocycles. The Hall–Kier alpha value is -3.14. The first-order chi connectivity index (χ1) is 13.6. The molecule has 4 heteroatoms. The summed E-state index contributed by atoms with van der Waals surface area (Å²) in [5.74, 6) is -0.718. The third-order valence-corrected chi connectivity index (χ3v) is 4.01. The largest absolute Gasteiger partial charge is 0.463 e. The first kappa shape index (κ1) is 21.2. The molecule has 0 aromatic heterocycles.